The van der Waals surface area contributed by atoms with Crippen molar-refractivity contribution in [2.45, 2.75) is 33.4 Å². The zero-order valence-corrected chi connectivity index (χ0v) is 20.1. The standard InChI is InChI=1S/C29H30N2O4/c1-20(2)27(29(34)35)30-28(33)24-9-4-7-22(19-24)8-5-17-31-18-6-10-25(31)15-16-26(32)23-13-11-21(3)12-14-23/h4-16,18-20,27H,17H2,1-3H3,(H,30,33)(H,34,35)/b8-5+,16-15+/t27-/m0/s1. The highest BCUT2D eigenvalue weighted by molar-refractivity contribution is 6.06. The Morgan fingerprint density at radius 2 is 1.71 bits per heavy atom. The molecule has 0 saturated carbocycles. The molecular weight excluding hydrogens is 440 g/mol. The molecular formula is C29H30N2O4. The van der Waals surface area contributed by atoms with E-state index in [9.17, 15) is 19.5 Å². The summed E-state index contributed by atoms with van der Waals surface area (Å²) in [4.78, 5) is 36.3. The van der Waals surface area contributed by atoms with Gasteiger partial charge >= 0.3 is 5.97 Å². The minimum atomic E-state index is -1.05. The van der Waals surface area contributed by atoms with Gasteiger partial charge in [0.25, 0.3) is 5.91 Å². The van der Waals surface area contributed by atoms with Crippen molar-refractivity contribution in [3.63, 3.8) is 0 Å². The van der Waals surface area contributed by atoms with E-state index < -0.39 is 17.9 Å². The second kappa shape index (κ2) is 11.8. The van der Waals surface area contributed by atoms with Crippen LogP contribution in [0.2, 0.25) is 0 Å². The number of aliphatic carboxylic acids is 1. The number of ketones is 1. The van der Waals surface area contributed by atoms with Gasteiger partial charge in [0.15, 0.2) is 5.78 Å². The Balaban J connectivity index is 1.64. The van der Waals surface area contributed by atoms with Crippen molar-refractivity contribution in [2.75, 3.05) is 0 Å². The number of hydrogen-bond donors (Lipinski definition) is 2. The molecule has 35 heavy (non-hydrogen) atoms. The second-order valence-corrected chi connectivity index (χ2v) is 8.71. The molecule has 6 heteroatoms. The molecule has 2 aromatic carbocycles. The van der Waals surface area contributed by atoms with E-state index in [1.807, 2.05) is 72.3 Å². The summed E-state index contributed by atoms with van der Waals surface area (Å²) in [5.74, 6) is -1.75. The van der Waals surface area contributed by atoms with Crippen molar-refractivity contribution >= 4 is 29.8 Å². The normalized spacial score (nSPS) is 12.3. The number of allylic oxidation sites excluding steroid dienone is 2. The number of rotatable bonds is 10. The smallest absolute Gasteiger partial charge is 0.326 e. The number of hydrogen-bond acceptors (Lipinski definition) is 3. The van der Waals surface area contributed by atoms with Crippen molar-refractivity contribution in [3.05, 3.63) is 107 Å². The number of benzene rings is 2. The van der Waals surface area contributed by atoms with Gasteiger partial charge in [0.2, 0.25) is 0 Å². The van der Waals surface area contributed by atoms with E-state index in [2.05, 4.69) is 5.32 Å². The molecule has 0 aliphatic carbocycles. The number of nitrogens with zero attached hydrogens (tertiary/aromatic N) is 1. The number of amides is 1. The van der Waals surface area contributed by atoms with Crippen molar-refractivity contribution in [2.24, 2.45) is 5.92 Å². The summed E-state index contributed by atoms with van der Waals surface area (Å²) in [6.07, 6.45) is 9.17. The molecule has 3 rings (SSSR count). The molecule has 0 aliphatic rings. The molecule has 1 heterocycles. The Kier molecular flexibility index (Phi) is 8.57. The lowest BCUT2D eigenvalue weighted by Crippen LogP contribution is -2.44. The second-order valence-electron chi connectivity index (χ2n) is 8.71. The summed E-state index contributed by atoms with van der Waals surface area (Å²) in [6.45, 7) is 6.07. The van der Waals surface area contributed by atoms with Gasteiger partial charge in [-0.2, -0.15) is 0 Å². The van der Waals surface area contributed by atoms with Crippen molar-refractivity contribution in [3.8, 4) is 0 Å². The number of nitrogens with one attached hydrogen (secondary N) is 1. The molecule has 1 atom stereocenters. The average molecular weight is 471 g/mol. The lowest BCUT2D eigenvalue weighted by molar-refractivity contribution is -0.140. The molecule has 2 N–H and O–H groups in total. The molecule has 0 radical (unpaired) electrons. The molecule has 1 amide bonds. The predicted molar refractivity (Wildman–Crippen MR) is 138 cm³/mol. The zero-order chi connectivity index (χ0) is 25.4. The fraction of sp³-hybridized carbons (Fsp3) is 0.207. The SMILES string of the molecule is Cc1ccc(C(=O)/C=C/c2cccn2C/C=C/c2cccc(C(=O)N[C@H](C(=O)O)C(C)C)c2)cc1. The maximum Gasteiger partial charge on any atom is 0.326 e. The van der Waals surface area contributed by atoms with Crippen LogP contribution in [0.3, 0.4) is 0 Å². The van der Waals surface area contributed by atoms with Crippen LogP contribution in [0.15, 0.2) is 79.0 Å². The van der Waals surface area contributed by atoms with Crippen LogP contribution < -0.4 is 5.32 Å². The predicted octanol–water partition coefficient (Wildman–Crippen LogP) is 5.25. The van der Waals surface area contributed by atoms with Crippen LogP contribution in [0, 0.1) is 12.8 Å². The Morgan fingerprint density at radius 3 is 2.40 bits per heavy atom. The third kappa shape index (κ3) is 7.14. The number of carbonyl (C=O) groups is 3. The molecule has 0 aliphatic heterocycles. The summed E-state index contributed by atoms with van der Waals surface area (Å²) in [6, 6.07) is 17.4. The first kappa shape index (κ1) is 25.4. The maximum absolute atomic E-state index is 12.5. The van der Waals surface area contributed by atoms with Crippen LogP contribution in [0.5, 0.6) is 0 Å². The van der Waals surface area contributed by atoms with E-state index in [0.717, 1.165) is 16.8 Å². The average Bonchev–Trinajstić information content (AvgIpc) is 3.28. The Hall–Kier alpha value is -4.19. The Labute approximate surface area is 205 Å². The van der Waals surface area contributed by atoms with Crippen LogP contribution in [0.1, 0.15) is 51.4 Å². The summed E-state index contributed by atoms with van der Waals surface area (Å²) >= 11 is 0. The summed E-state index contributed by atoms with van der Waals surface area (Å²) in [5.41, 5.74) is 3.89. The van der Waals surface area contributed by atoms with E-state index in [-0.39, 0.29) is 11.7 Å². The van der Waals surface area contributed by atoms with Crippen LogP contribution >= 0.6 is 0 Å². The molecule has 0 unspecified atom stereocenters. The third-order valence-corrected chi connectivity index (χ3v) is 5.59. The van der Waals surface area contributed by atoms with Crippen LogP contribution in [-0.4, -0.2) is 33.4 Å². The lowest BCUT2D eigenvalue weighted by Gasteiger charge is -2.18. The van der Waals surface area contributed by atoms with Gasteiger partial charge in [-0.15, -0.1) is 0 Å². The highest BCUT2D eigenvalue weighted by Gasteiger charge is 2.23. The molecule has 1 aromatic heterocycles. The molecule has 0 fully saturated rings. The van der Waals surface area contributed by atoms with Gasteiger partial charge in [0.05, 0.1) is 0 Å². The number of aromatic nitrogens is 1. The van der Waals surface area contributed by atoms with Gasteiger partial charge in [-0.3, -0.25) is 9.59 Å². The summed E-state index contributed by atoms with van der Waals surface area (Å²) < 4.78 is 2.01. The largest absolute Gasteiger partial charge is 0.480 e. The van der Waals surface area contributed by atoms with Crippen molar-refractivity contribution in [1.82, 2.24) is 9.88 Å². The molecule has 0 saturated heterocycles. The van der Waals surface area contributed by atoms with Gasteiger partial charge in [-0.1, -0.05) is 68.0 Å². The Bertz CT molecular complexity index is 1250. The first-order valence-electron chi connectivity index (χ1n) is 11.5. The fourth-order valence-corrected chi connectivity index (χ4v) is 3.54. The van der Waals surface area contributed by atoms with E-state index >= 15 is 0 Å². The molecule has 180 valence electrons. The summed E-state index contributed by atoms with van der Waals surface area (Å²) in [7, 11) is 0. The van der Waals surface area contributed by atoms with E-state index in [1.165, 1.54) is 0 Å². The monoisotopic (exact) mass is 470 g/mol. The van der Waals surface area contributed by atoms with Gasteiger partial charge in [0, 0.05) is 29.6 Å². The highest BCUT2D eigenvalue weighted by Crippen LogP contribution is 2.12. The van der Waals surface area contributed by atoms with Crippen LogP contribution in [0.25, 0.3) is 12.2 Å². The minimum absolute atomic E-state index is 0.0500. The number of carboxylic acids is 1. The highest BCUT2D eigenvalue weighted by atomic mass is 16.4. The third-order valence-electron chi connectivity index (χ3n) is 5.59. The first-order valence-corrected chi connectivity index (χ1v) is 11.5. The lowest BCUT2D eigenvalue weighted by atomic mass is 10.0. The number of carbonyl (C=O) groups excluding carboxylic acids is 2. The van der Waals surface area contributed by atoms with Gasteiger partial charge in [-0.25, -0.2) is 4.79 Å². The fourth-order valence-electron chi connectivity index (χ4n) is 3.54. The number of aryl methyl sites for hydroxylation is 1. The molecule has 0 bridgehead atoms. The zero-order valence-electron chi connectivity index (χ0n) is 20.1. The Morgan fingerprint density at radius 1 is 0.971 bits per heavy atom. The maximum atomic E-state index is 12.5. The molecule has 3 aromatic rings. The van der Waals surface area contributed by atoms with Crippen molar-refractivity contribution in [1.29, 1.82) is 0 Å². The quantitative estimate of drug-likeness (QED) is 0.313. The van der Waals surface area contributed by atoms with E-state index in [1.54, 1.807) is 44.2 Å². The van der Waals surface area contributed by atoms with Gasteiger partial charge in [-0.05, 0) is 54.8 Å². The van der Waals surface area contributed by atoms with Crippen LogP contribution in [-0.2, 0) is 11.3 Å². The van der Waals surface area contributed by atoms with E-state index in [0.29, 0.717) is 17.7 Å². The van der Waals surface area contributed by atoms with Crippen LogP contribution in [0.4, 0.5) is 0 Å². The topological polar surface area (TPSA) is 88.4 Å². The molecule has 0 spiro atoms. The molecule has 6 nitrogen and oxygen atoms in total. The first-order chi connectivity index (χ1) is 16.7. The summed E-state index contributed by atoms with van der Waals surface area (Å²) in [5, 5.41) is 11.9. The van der Waals surface area contributed by atoms with Crippen molar-refractivity contribution < 1.29 is 19.5 Å². The number of carboxylic acid groups (broad SMARTS) is 1. The van der Waals surface area contributed by atoms with Gasteiger partial charge in [0.1, 0.15) is 6.04 Å². The van der Waals surface area contributed by atoms with E-state index in [4.69, 9.17) is 0 Å². The minimum Gasteiger partial charge on any atom is -0.480 e. The van der Waals surface area contributed by atoms with Gasteiger partial charge < -0.3 is 15.0 Å².